The summed E-state index contributed by atoms with van der Waals surface area (Å²) in [6.07, 6.45) is -2.50. The quantitative estimate of drug-likeness (QED) is 0.351. The molecule has 0 fully saturated rings. The lowest BCUT2D eigenvalue weighted by molar-refractivity contribution is -0.548. The van der Waals surface area contributed by atoms with Gasteiger partial charge in [-0.3, -0.25) is 0 Å². The average molecular weight is 519 g/mol. The molecule has 6 nitrogen and oxygen atoms in total. The zero-order valence-electron chi connectivity index (χ0n) is 19.6. The van der Waals surface area contributed by atoms with E-state index in [1.165, 1.54) is 0 Å². The van der Waals surface area contributed by atoms with Crippen LogP contribution in [0.2, 0.25) is 0 Å². The third kappa shape index (κ3) is 7.17. The van der Waals surface area contributed by atoms with E-state index in [1.54, 1.807) is 39.0 Å². The molecule has 0 spiro atoms. The summed E-state index contributed by atoms with van der Waals surface area (Å²) in [7, 11) is -4.36. The van der Waals surface area contributed by atoms with Crippen LogP contribution in [0.5, 0.6) is 5.75 Å². The van der Waals surface area contributed by atoms with Gasteiger partial charge in [-0.25, -0.2) is 13.9 Å². The molecule has 192 valence electrons. The molecule has 35 heavy (non-hydrogen) atoms. The zero-order valence-corrected chi connectivity index (χ0v) is 20.4. The van der Waals surface area contributed by atoms with E-state index in [0.29, 0.717) is 42.7 Å². The maximum absolute atomic E-state index is 13.8. The summed E-state index contributed by atoms with van der Waals surface area (Å²) in [6, 6.07) is 5.68. The minimum Gasteiger partial charge on any atom is -0.482 e. The molecule has 0 bridgehead atoms. The number of nitrogens with two attached hydrogens (primary N) is 1. The van der Waals surface area contributed by atoms with Crippen LogP contribution in [0.15, 0.2) is 41.3 Å². The van der Waals surface area contributed by atoms with Crippen LogP contribution in [0, 0.1) is 5.82 Å². The molecule has 0 saturated carbocycles. The van der Waals surface area contributed by atoms with Crippen molar-refractivity contribution >= 4 is 16.0 Å². The Morgan fingerprint density at radius 1 is 1.11 bits per heavy atom. The normalized spacial score (nSPS) is 16.8. The Kier molecular flexibility index (Phi) is 7.80. The van der Waals surface area contributed by atoms with Gasteiger partial charge in [0.25, 0.3) is 0 Å². The van der Waals surface area contributed by atoms with Gasteiger partial charge < -0.3 is 9.47 Å². The third-order valence-corrected chi connectivity index (χ3v) is 6.98. The van der Waals surface area contributed by atoms with Gasteiger partial charge in [-0.15, -0.1) is 0 Å². The van der Waals surface area contributed by atoms with Crippen molar-refractivity contribution in [2.24, 2.45) is 0 Å². The zero-order chi connectivity index (χ0) is 26.0. The highest BCUT2D eigenvalue weighted by Crippen LogP contribution is 2.34. The van der Waals surface area contributed by atoms with Crippen LogP contribution in [0.25, 0.3) is 0 Å². The van der Waals surface area contributed by atoms with E-state index >= 15 is 0 Å². The summed E-state index contributed by atoms with van der Waals surface area (Å²) in [5.41, 5.74) is -0.685. The number of carbonyl (C=O) groups excluding carboxylic acids is 1. The number of hydrogen-bond acceptors (Lipinski definition) is 5. The standard InChI is InChI=1S/C24H27F4NO5S/c1-23(2,3)34-22(30)14-33-21-10-6-8-18-19(21)7-4-5-9-20(18)29-35(31,32)17-12-15(24(26,27)28)11-16(25)13-17/h6,8,10-13,20,29H,4-5,7,9,14H2,1-3H3/p+1. The van der Waals surface area contributed by atoms with Crippen LogP contribution in [-0.2, 0) is 32.2 Å². The molecule has 1 aliphatic rings. The smallest absolute Gasteiger partial charge is 0.416 e. The van der Waals surface area contributed by atoms with Crippen molar-refractivity contribution in [3.8, 4) is 5.75 Å². The van der Waals surface area contributed by atoms with E-state index in [-0.39, 0.29) is 12.7 Å². The Morgan fingerprint density at radius 2 is 1.83 bits per heavy atom. The lowest BCUT2D eigenvalue weighted by Crippen LogP contribution is -2.88. The Bertz CT molecular complexity index is 1190. The number of sulfonamides is 1. The first-order valence-corrected chi connectivity index (χ1v) is 12.6. The lowest BCUT2D eigenvalue weighted by atomic mass is 9.99. The molecule has 2 N–H and O–H groups in total. The number of carbonyl (C=O) groups is 1. The van der Waals surface area contributed by atoms with Crippen molar-refractivity contribution in [3.05, 3.63) is 58.9 Å². The molecule has 1 aliphatic carbocycles. The second kappa shape index (κ2) is 10.1. The number of primary sulfonamides is 1. The molecule has 2 aromatic carbocycles. The summed E-state index contributed by atoms with van der Waals surface area (Å²) in [6.45, 7) is 4.87. The van der Waals surface area contributed by atoms with Crippen LogP contribution >= 0.6 is 0 Å². The second-order valence-corrected chi connectivity index (χ2v) is 11.2. The highest BCUT2D eigenvalue weighted by Gasteiger charge is 2.35. The molecule has 0 radical (unpaired) electrons. The maximum Gasteiger partial charge on any atom is 0.416 e. The summed E-state index contributed by atoms with van der Waals surface area (Å²) < 4.78 is 91.0. The number of hydrogen-bond donors (Lipinski definition) is 1. The number of benzene rings is 2. The second-order valence-electron chi connectivity index (χ2n) is 9.41. The number of alkyl halides is 3. The fraction of sp³-hybridized carbons (Fsp3) is 0.458. The highest BCUT2D eigenvalue weighted by molar-refractivity contribution is 7.84. The van der Waals surface area contributed by atoms with Crippen LogP contribution in [-0.4, -0.2) is 26.6 Å². The van der Waals surface area contributed by atoms with Gasteiger partial charge in [-0.1, -0.05) is 12.1 Å². The van der Waals surface area contributed by atoms with Crippen molar-refractivity contribution < 1.29 is 45.0 Å². The van der Waals surface area contributed by atoms with Gasteiger partial charge in [0.15, 0.2) is 6.61 Å². The maximum atomic E-state index is 13.8. The molecule has 3 rings (SSSR count). The third-order valence-electron chi connectivity index (χ3n) is 5.40. The Balaban J connectivity index is 1.87. The van der Waals surface area contributed by atoms with Gasteiger partial charge in [0.2, 0.25) is 0 Å². The molecule has 0 amide bonds. The minimum atomic E-state index is -4.89. The SMILES string of the molecule is CC(C)(C)OC(=O)COc1cccc2c1CCCCC2[NH2+]S(=O)(=O)c1cc(F)cc(C(F)(F)F)c1. The molecule has 0 aromatic heterocycles. The number of rotatable bonds is 6. The van der Waals surface area contributed by atoms with Crippen molar-refractivity contribution in [2.45, 2.75) is 69.2 Å². The number of fused-ring (bicyclic) bond motifs is 1. The van der Waals surface area contributed by atoms with E-state index in [0.717, 1.165) is 16.7 Å². The predicted molar refractivity (Wildman–Crippen MR) is 119 cm³/mol. The monoisotopic (exact) mass is 518 g/mol. The van der Waals surface area contributed by atoms with Crippen molar-refractivity contribution in [2.75, 3.05) is 6.61 Å². The molecule has 0 saturated heterocycles. The van der Waals surface area contributed by atoms with Crippen LogP contribution in [0.4, 0.5) is 17.6 Å². The number of halogens is 4. The van der Waals surface area contributed by atoms with Crippen molar-refractivity contribution in [3.63, 3.8) is 0 Å². The highest BCUT2D eigenvalue weighted by atomic mass is 32.2. The van der Waals surface area contributed by atoms with Gasteiger partial charge in [0, 0.05) is 17.5 Å². The van der Waals surface area contributed by atoms with Crippen LogP contribution in [0.1, 0.15) is 62.8 Å². The molecule has 0 heterocycles. The summed E-state index contributed by atoms with van der Waals surface area (Å²) >= 11 is 0. The first-order chi connectivity index (χ1) is 16.2. The van der Waals surface area contributed by atoms with E-state index in [1.807, 2.05) is 0 Å². The molecular formula is C24H28F4NO5S+. The molecule has 11 heteroatoms. The molecule has 0 aliphatic heterocycles. The lowest BCUT2D eigenvalue weighted by Gasteiger charge is -2.21. The van der Waals surface area contributed by atoms with E-state index in [9.17, 15) is 30.8 Å². The largest absolute Gasteiger partial charge is 0.482 e. The number of ether oxygens (including phenoxy) is 2. The topological polar surface area (TPSA) is 86.3 Å². The van der Waals surface area contributed by atoms with E-state index < -0.39 is 50.1 Å². The van der Waals surface area contributed by atoms with Crippen molar-refractivity contribution in [1.29, 1.82) is 0 Å². The Hall–Kier alpha value is -2.66. The fourth-order valence-electron chi connectivity index (χ4n) is 3.99. The molecule has 2 aromatic rings. The van der Waals surface area contributed by atoms with Crippen LogP contribution in [0.3, 0.4) is 0 Å². The Labute approximate surface area is 201 Å². The first-order valence-electron chi connectivity index (χ1n) is 11.1. The summed E-state index contributed by atoms with van der Waals surface area (Å²) in [5.74, 6) is -1.43. The van der Waals surface area contributed by atoms with Gasteiger partial charge in [0.1, 0.15) is 28.1 Å². The van der Waals surface area contributed by atoms with Gasteiger partial charge in [-0.05, 0) is 64.3 Å². The average Bonchev–Trinajstić information content (AvgIpc) is 2.92. The molecule has 1 atom stereocenters. The molecule has 1 unspecified atom stereocenters. The van der Waals surface area contributed by atoms with Gasteiger partial charge in [-0.2, -0.15) is 21.6 Å². The Morgan fingerprint density at radius 3 is 2.49 bits per heavy atom. The van der Waals surface area contributed by atoms with Gasteiger partial charge in [0.05, 0.1) is 5.56 Å². The number of esters is 1. The summed E-state index contributed by atoms with van der Waals surface area (Å²) in [5, 5.41) is 0. The fourth-order valence-corrected chi connectivity index (χ4v) is 5.43. The molecular weight excluding hydrogens is 490 g/mol. The van der Waals surface area contributed by atoms with E-state index in [2.05, 4.69) is 0 Å². The first kappa shape index (κ1) is 26.9. The predicted octanol–water partition coefficient (Wildman–Crippen LogP) is 4.28. The minimum absolute atomic E-state index is 0.258. The van der Waals surface area contributed by atoms with Gasteiger partial charge >= 0.3 is 22.2 Å². The van der Waals surface area contributed by atoms with Crippen LogP contribution < -0.4 is 9.46 Å². The van der Waals surface area contributed by atoms with Crippen molar-refractivity contribution in [1.82, 2.24) is 0 Å². The number of quaternary nitrogens is 1. The van der Waals surface area contributed by atoms with E-state index in [4.69, 9.17) is 9.47 Å². The summed E-state index contributed by atoms with van der Waals surface area (Å²) in [4.78, 5) is 11.3.